The summed E-state index contributed by atoms with van der Waals surface area (Å²) in [6, 6.07) is 12.5. The molecule has 0 bridgehead atoms. The van der Waals surface area contributed by atoms with Crippen LogP contribution in [0.1, 0.15) is 11.4 Å². The number of rotatable bonds is 1. The molecule has 22 heavy (non-hydrogen) atoms. The molecule has 2 heterocycles. The molecular formula is C18H18N3O+. The van der Waals surface area contributed by atoms with Gasteiger partial charge in [0.05, 0.1) is 19.7 Å². The van der Waals surface area contributed by atoms with Crippen LogP contribution in [0.15, 0.2) is 40.8 Å². The summed E-state index contributed by atoms with van der Waals surface area (Å²) in [5, 5.41) is 6.83. The topological polar surface area (TPSA) is 34.8 Å². The highest BCUT2D eigenvalue weighted by Gasteiger charge is 2.22. The average molecular weight is 292 g/mol. The van der Waals surface area contributed by atoms with Gasteiger partial charge in [0.25, 0.3) is 11.6 Å². The van der Waals surface area contributed by atoms with Crippen LogP contribution in [0.3, 0.4) is 0 Å². The summed E-state index contributed by atoms with van der Waals surface area (Å²) < 4.78 is 10.0. The zero-order chi connectivity index (χ0) is 15.4. The number of aryl methyl sites for hydroxylation is 3. The Morgan fingerprint density at radius 3 is 2.55 bits per heavy atom. The van der Waals surface area contributed by atoms with Gasteiger partial charge in [0.1, 0.15) is 11.2 Å². The highest BCUT2D eigenvalue weighted by molar-refractivity contribution is 6.06. The van der Waals surface area contributed by atoms with Gasteiger partial charge >= 0.3 is 0 Å². The maximum atomic E-state index is 6.02. The number of benzene rings is 2. The SMILES string of the molecule is Cc1cc2c(cc1-c1n(C)nc(C)[n+]1C)oc1ccccc12. The van der Waals surface area contributed by atoms with Crippen molar-refractivity contribution >= 4 is 21.9 Å². The lowest BCUT2D eigenvalue weighted by molar-refractivity contribution is -0.667. The van der Waals surface area contributed by atoms with E-state index in [0.29, 0.717) is 0 Å². The van der Waals surface area contributed by atoms with Crippen molar-refractivity contribution in [3.63, 3.8) is 0 Å². The number of hydrogen-bond donors (Lipinski definition) is 0. The first-order valence-corrected chi connectivity index (χ1v) is 7.38. The zero-order valence-electron chi connectivity index (χ0n) is 13.2. The predicted octanol–water partition coefficient (Wildman–Crippen LogP) is 3.43. The van der Waals surface area contributed by atoms with Crippen molar-refractivity contribution in [2.24, 2.45) is 14.1 Å². The van der Waals surface area contributed by atoms with E-state index in [4.69, 9.17) is 4.42 Å². The quantitative estimate of drug-likeness (QED) is 0.504. The summed E-state index contributed by atoms with van der Waals surface area (Å²) >= 11 is 0. The van der Waals surface area contributed by atoms with Crippen molar-refractivity contribution in [1.82, 2.24) is 9.78 Å². The monoisotopic (exact) mass is 292 g/mol. The van der Waals surface area contributed by atoms with Crippen LogP contribution in [0, 0.1) is 13.8 Å². The number of aromatic nitrogens is 3. The first-order chi connectivity index (χ1) is 10.6. The fourth-order valence-corrected chi connectivity index (χ4v) is 3.18. The van der Waals surface area contributed by atoms with E-state index < -0.39 is 0 Å². The molecular weight excluding hydrogens is 274 g/mol. The lowest BCUT2D eigenvalue weighted by Crippen LogP contribution is -2.32. The minimum Gasteiger partial charge on any atom is -0.456 e. The summed E-state index contributed by atoms with van der Waals surface area (Å²) in [5.74, 6) is 2.07. The molecule has 0 fully saturated rings. The summed E-state index contributed by atoms with van der Waals surface area (Å²) in [6.45, 7) is 4.15. The van der Waals surface area contributed by atoms with Crippen LogP contribution in [-0.4, -0.2) is 9.78 Å². The summed E-state index contributed by atoms with van der Waals surface area (Å²) in [6.07, 6.45) is 0. The minimum atomic E-state index is 0.917. The third-order valence-electron chi connectivity index (χ3n) is 4.37. The number of nitrogens with zero attached hydrogens (tertiary/aromatic N) is 3. The zero-order valence-corrected chi connectivity index (χ0v) is 13.2. The largest absolute Gasteiger partial charge is 0.456 e. The second kappa shape index (κ2) is 4.44. The van der Waals surface area contributed by atoms with E-state index in [2.05, 4.69) is 34.8 Å². The predicted molar refractivity (Wildman–Crippen MR) is 86.6 cm³/mol. The van der Waals surface area contributed by atoms with Crippen molar-refractivity contribution < 1.29 is 8.98 Å². The Morgan fingerprint density at radius 1 is 1.05 bits per heavy atom. The van der Waals surface area contributed by atoms with Gasteiger partial charge in [-0.2, -0.15) is 0 Å². The Labute approximate surface area is 128 Å². The Balaban J connectivity index is 2.07. The molecule has 0 aliphatic heterocycles. The molecule has 4 rings (SSSR count). The van der Waals surface area contributed by atoms with Gasteiger partial charge in [-0.1, -0.05) is 18.2 Å². The van der Waals surface area contributed by atoms with Crippen molar-refractivity contribution in [2.45, 2.75) is 13.8 Å². The number of hydrogen-bond acceptors (Lipinski definition) is 2. The molecule has 0 unspecified atom stereocenters. The van der Waals surface area contributed by atoms with Crippen LogP contribution in [0.25, 0.3) is 33.3 Å². The Hall–Kier alpha value is -2.62. The Bertz CT molecular complexity index is 1020. The number of para-hydroxylation sites is 1. The summed E-state index contributed by atoms with van der Waals surface area (Å²) in [4.78, 5) is 0. The molecule has 0 saturated heterocycles. The van der Waals surface area contributed by atoms with Gasteiger partial charge in [-0.15, -0.1) is 4.68 Å². The van der Waals surface area contributed by atoms with Crippen LogP contribution in [-0.2, 0) is 14.1 Å². The molecule has 0 saturated carbocycles. The van der Waals surface area contributed by atoms with E-state index in [1.54, 1.807) is 0 Å². The Kier molecular flexibility index (Phi) is 2.64. The van der Waals surface area contributed by atoms with E-state index in [1.165, 1.54) is 10.9 Å². The van der Waals surface area contributed by atoms with E-state index in [9.17, 15) is 0 Å². The minimum absolute atomic E-state index is 0.917. The van der Waals surface area contributed by atoms with Crippen molar-refractivity contribution in [1.29, 1.82) is 0 Å². The molecule has 0 amide bonds. The van der Waals surface area contributed by atoms with Gasteiger partial charge < -0.3 is 4.42 Å². The van der Waals surface area contributed by atoms with Gasteiger partial charge in [0.15, 0.2) is 0 Å². The maximum absolute atomic E-state index is 6.02. The average Bonchev–Trinajstić information content (AvgIpc) is 2.96. The smallest absolute Gasteiger partial charge is 0.274 e. The summed E-state index contributed by atoms with van der Waals surface area (Å²) in [5.41, 5.74) is 4.22. The van der Waals surface area contributed by atoms with E-state index in [0.717, 1.165) is 33.8 Å². The molecule has 0 aliphatic carbocycles. The molecule has 0 N–H and O–H groups in total. The maximum Gasteiger partial charge on any atom is 0.274 e. The molecule has 110 valence electrons. The second-order valence-electron chi connectivity index (χ2n) is 5.81. The van der Waals surface area contributed by atoms with Crippen LogP contribution < -0.4 is 4.57 Å². The first kappa shape index (κ1) is 13.1. The van der Waals surface area contributed by atoms with Crippen LogP contribution >= 0.6 is 0 Å². The number of fused-ring (bicyclic) bond motifs is 3. The van der Waals surface area contributed by atoms with Gasteiger partial charge in [-0.25, -0.2) is 4.57 Å². The lowest BCUT2D eigenvalue weighted by atomic mass is 10.0. The fourth-order valence-electron chi connectivity index (χ4n) is 3.18. The summed E-state index contributed by atoms with van der Waals surface area (Å²) in [7, 11) is 4.02. The van der Waals surface area contributed by atoms with E-state index in [-0.39, 0.29) is 0 Å². The standard InChI is InChI=1S/C18H18N3O/c1-11-9-15-13-7-5-6-8-16(13)22-17(15)10-14(11)18-20(3)12(2)19-21(18)4/h5-10H,1-4H3/q+1. The molecule has 2 aromatic carbocycles. The Morgan fingerprint density at radius 2 is 1.82 bits per heavy atom. The highest BCUT2D eigenvalue weighted by Crippen LogP contribution is 2.33. The van der Waals surface area contributed by atoms with E-state index in [1.807, 2.05) is 43.9 Å². The molecule has 4 aromatic rings. The normalized spacial score (nSPS) is 11.6. The lowest BCUT2D eigenvalue weighted by Gasteiger charge is -2.04. The number of furan rings is 1. The first-order valence-electron chi connectivity index (χ1n) is 7.38. The van der Waals surface area contributed by atoms with Gasteiger partial charge in [0, 0.05) is 22.8 Å². The molecule has 0 aliphatic rings. The third kappa shape index (κ3) is 1.70. The van der Waals surface area contributed by atoms with Crippen LogP contribution in [0.2, 0.25) is 0 Å². The second-order valence-corrected chi connectivity index (χ2v) is 5.81. The van der Waals surface area contributed by atoms with Crippen molar-refractivity contribution in [3.8, 4) is 11.4 Å². The molecule has 0 spiro atoms. The molecule has 0 atom stereocenters. The van der Waals surface area contributed by atoms with Crippen LogP contribution in [0.5, 0.6) is 0 Å². The van der Waals surface area contributed by atoms with Gasteiger partial charge in [-0.05, 0) is 30.7 Å². The van der Waals surface area contributed by atoms with Crippen molar-refractivity contribution in [3.05, 3.63) is 47.8 Å². The van der Waals surface area contributed by atoms with Gasteiger partial charge in [-0.3, -0.25) is 0 Å². The molecule has 4 nitrogen and oxygen atoms in total. The van der Waals surface area contributed by atoms with Crippen LogP contribution in [0.4, 0.5) is 0 Å². The molecule has 4 heteroatoms. The molecule has 0 radical (unpaired) electrons. The molecule has 2 aromatic heterocycles. The fraction of sp³-hybridized carbons (Fsp3) is 0.222. The highest BCUT2D eigenvalue weighted by atomic mass is 16.3. The van der Waals surface area contributed by atoms with Gasteiger partial charge in [0.2, 0.25) is 0 Å². The van der Waals surface area contributed by atoms with E-state index >= 15 is 0 Å². The van der Waals surface area contributed by atoms with Crippen molar-refractivity contribution in [2.75, 3.05) is 0 Å². The third-order valence-corrected chi connectivity index (χ3v) is 4.37.